The molecular formula is C18H28N2O2S. The summed E-state index contributed by atoms with van der Waals surface area (Å²) in [6.07, 6.45) is 4.86. The van der Waals surface area contributed by atoms with Crippen molar-refractivity contribution in [1.82, 2.24) is 4.83 Å². The van der Waals surface area contributed by atoms with Gasteiger partial charge in [0.2, 0.25) is 0 Å². The zero-order valence-electron chi connectivity index (χ0n) is 14.6. The van der Waals surface area contributed by atoms with E-state index in [4.69, 9.17) is 0 Å². The summed E-state index contributed by atoms with van der Waals surface area (Å²) in [6, 6.07) is 7.05. The fourth-order valence-corrected chi connectivity index (χ4v) is 4.35. The number of hydrogen-bond acceptors (Lipinski definition) is 3. The Morgan fingerprint density at radius 1 is 1.26 bits per heavy atom. The molecule has 1 atom stereocenters. The van der Waals surface area contributed by atoms with E-state index in [9.17, 15) is 8.42 Å². The molecule has 1 aliphatic rings. The number of sulfonamides is 1. The molecule has 5 heteroatoms. The molecule has 128 valence electrons. The smallest absolute Gasteiger partial charge is 0.200 e. The normalized spacial score (nSPS) is 23.0. The number of aryl methyl sites for hydroxylation is 1. The van der Waals surface area contributed by atoms with Gasteiger partial charge in [-0.2, -0.15) is 13.5 Å². The van der Waals surface area contributed by atoms with Gasteiger partial charge in [-0.05, 0) is 54.7 Å². The number of hydrazone groups is 1. The average molecular weight is 337 g/mol. The van der Waals surface area contributed by atoms with E-state index >= 15 is 0 Å². The van der Waals surface area contributed by atoms with Gasteiger partial charge in [0.05, 0.1) is 4.90 Å². The van der Waals surface area contributed by atoms with Gasteiger partial charge in [0, 0.05) is 5.71 Å². The summed E-state index contributed by atoms with van der Waals surface area (Å²) >= 11 is 0. The van der Waals surface area contributed by atoms with E-state index in [2.05, 4.69) is 37.6 Å². The molecule has 0 aromatic heterocycles. The van der Waals surface area contributed by atoms with Gasteiger partial charge in [-0.3, -0.25) is 0 Å². The first kappa shape index (κ1) is 18.0. The van der Waals surface area contributed by atoms with Crippen LogP contribution in [0.5, 0.6) is 0 Å². The Morgan fingerprint density at radius 2 is 1.91 bits per heavy atom. The largest absolute Gasteiger partial charge is 0.276 e. The van der Waals surface area contributed by atoms with Crippen LogP contribution in [0, 0.1) is 11.3 Å². The van der Waals surface area contributed by atoms with Crippen molar-refractivity contribution in [2.24, 2.45) is 16.4 Å². The van der Waals surface area contributed by atoms with Gasteiger partial charge in [-0.15, -0.1) is 0 Å². The van der Waals surface area contributed by atoms with Crippen molar-refractivity contribution in [1.29, 1.82) is 0 Å². The first-order valence-electron chi connectivity index (χ1n) is 8.38. The van der Waals surface area contributed by atoms with Crippen molar-refractivity contribution in [2.45, 2.75) is 64.7 Å². The molecule has 0 aliphatic heterocycles. The Balaban J connectivity index is 2.10. The minimum atomic E-state index is -3.58. The molecule has 0 radical (unpaired) electrons. The summed E-state index contributed by atoms with van der Waals surface area (Å²) < 4.78 is 24.7. The zero-order valence-corrected chi connectivity index (χ0v) is 15.4. The van der Waals surface area contributed by atoms with Crippen molar-refractivity contribution in [2.75, 3.05) is 0 Å². The minimum absolute atomic E-state index is 0.184. The molecule has 1 fully saturated rings. The lowest BCUT2D eigenvalue weighted by Gasteiger charge is -2.34. The van der Waals surface area contributed by atoms with Crippen LogP contribution in [0.25, 0.3) is 0 Å². The second-order valence-electron chi connectivity index (χ2n) is 7.52. The molecule has 0 heterocycles. The van der Waals surface area contributed by atoms with E-state index in [-0.39, 0.29) is 10.3 Å². The van der Waals surface area contributed by atoms with Crippen LogP contribution in [-0.2, 0) is 16.4 Å². The van der Waals surface area contributed by atoms with Crippen LogP contribution in [0.15, 0.2) is 34.3 Å². The first-order valence-corrected chi connectivity index (χ1v) is 9.86. The quantitative estimate of drug-likeness (QED) is 0.822. The van der Waals surface area contributed by atoms with Crippen molar-refractivity contribution >= 4 is 15.7 Å². The summed E-state index contributed by atoms with van der Waals surface area (Å²) in [4.78, 5) is 2.68. The van der Waals surface area contributed by atoms with Gasteiger partial charge in [-0.25, -0.2) is 4.83 Å². The third-order valence-corrected chi connectivity index (χ3v) is 5.49. The van der Waals surface area contributed by atoms with Crippen LogP contribution in [0.3, 0.4) is 0 Å². The topological polar surface area (TPSA) is 58.5 Å². The number of nitrogens with zero attached hydrogens (tertiary/aromatic N) is 1. The highest BCUT2D eigenvalue weighted by molar-refractivity contribution is 7.89. The summed E-state index contributed by atoms with van der Waals surface area (Å²) in [5.74, 6) is 0.537. The predicted molar refractivity (Wildman–Crippen MR) is 95.0 cm³/mol. The molecule has 0 bridgehead atoms. The van der Waals surface area contributed by atoms with Gasteiger partial charge in [0.15, 0.2) is 0 Å². The van der Waals surface area contributed by atoms with E-state index in [1.54, 1.807) is 12.1 Å². The Morgan fingerprint density at radius 3 is 2.48 bits per heavy atom. The van der Waals surface area contributed by atoms with E-state index < -0.39 is 10.0 Å². The van der Waals surface area contributed by atoms with Crippen LogP contribution in [-0.4, -0.2) is 14.1 Å². The monoisotopic (exact) mass is 336 g/mol. The molecule has 23 heavy (non-hydrogen) atoms. The highest BCUT2D eigenvalue weighted by atomic mass is 32.2. The van der Waals surface area contributed by atoms with Gasteiger partial charge in [0.25, 0.3) is 10.0 Å². The number of nitrogens with one attached hydrogen (secondary N) is 1. The standard InChI is InChI=1S/C18H28N2O2S/c1-5-6-15-7-9-17(10-8-15)23(21,22)20-19-16-11-14(2)12-18(3,4)13-16/h7-10,14,20H,5-6,11-13H2,1-4H3. The van der Waals surface area contributed by atoms with Gasteiger partial charge >= 0.3 is 0 Å². The number of rotatable bonds is 5. The molecule has 4 nitrogen and oxygen atoms in total. The molecule has 0 spiro atoms. The second-order valence-corrected chi connectivity index (χ2v) is 9.18. The SMILES string of the molecule is CCCc1ccc(S(=O)(=O)NN=C2CC(C)CC(C)(C)C2)cc1. The van der Waals surface area contributed by atoms with Crippen LogP contribution < -0.4 is 4.83 Å². The second kappa shape index (κ2) is 7.04. The van der Waals surface area contributed by atoms with E-state index in [1.807, 2.05) is 12.1 Å². The van der Waals surface area contributed by atoms with Gasteiger partial charge in [-0.1, -0.05) is 46.2 Å². The molecule has 1 unspecified atom stereocenters. The van der Waals surface area contributed by atoms with Crippen molar-refractivity contribution in [3.8, 4) is 0 Å². The lowest BCUT2D eigenvalue weighted by molar-refractivity contribution is 0.265. The fourth-order valence-electron chi connectivity index (χ4n) is 3.50. The fraction of sp³-hybridized carbons (Fsp3) is 0.611. The first-order chi connectivity index (χ1) is 10.7. The van der Waals surface area contributed by atoms with Crippen LogP contribution in [0.4, 0.5) is 0 Å². The Bertz CT molecular complexity index is 661. The zero-order chi connectivity index (χ0) is 17.1. The summed E-state index contributed by atoms with van der Waals surface area (Å²) in [5, 5.41) is 4.21. The third-order valence-electron chi connectivity index (χ3n) is 4.26. The highest BCUT2D eigenvalue weighted by Gasteiger charge is 2.29. The Hall–Kier alpha value is -1.36. The predicted octanol–water partition coefficient (Wildman–Crippen LogP) is 4.12. The van der Waals surface area contributed by atoms with Crippen molar-refractivity contribution in [3.05, 3.63) is 29.8 Å². The van der Waals surface area contributed by atoms with Crippen LogP contribution in [0.2, 0.25) is 0 Å². The molecule has 1 aliphatic carbocycles. The molecule has 0 saturated heterocycles. The third kappa shape index (κ3) is 5.06. The molecule has 1 aromatic rings. The Kier molecular flexibility index (Phi) is 5.50. The van der Waals surface area contributed by atoms with Crippen molar-refractivity contribution < 1.29 is 8.42 Å². The summed E-state index contributed by atoms with van der Waals surface area (Å²) in [7, 11) is -3.58. The lowest BCUT2D eigenvalue weighted by Crippen LogP contribution is -2.30. The van der Waals surface area contributed by atoms with Crippen LogP contribution in [0.1, 0.15) is 58.9 Å². The molecular weight excluding hydrogens is 308 g/mol. The Labute approximate surface area is 140 Å². The summed E-state index contributed by atoms with van der Waals surface area (Å²) in [5.41, 5.74) is 2.28. The molecule has 1 aromatic carbocycles. The number of hydrogen-bond donors (Lipinski definition) is 1. The molecule has 0 amide bonds. The number of benzene rings is 1. The maximum atomic E-state index is 12.4. The molecule has 1 saturated carbocycles. The minimum Gasteiger partial charge on any atom is -0.200 e. The van der Waals surface area contributed by atoms with Gasteiger partial charge in [0.1, 0.15) is 0 Å². The van der Waals surface area contributed by atoms with Crippen LogP contribution >= 0.6 is 0 Å². The lowest BCUT2D eigenvalue weighted by atomic mass is 9.72. The molecule has 1 N–H and O–H groups in total. The van der Waals surface area contributed by atoms with E-state index in [0.29, 0.717) is 5.92 Å². The van der Waals surface area contributed by atoms with Gasteiger partial charge < -0.3 is 0 Å². The maximum Gasteiger partial charge on any atom is 0.276 e. The van der Waals surface area contributed by atoms with Crippen molar-refractivity contribution in [3.63, 3.8) is 0 Å². The molecule has 2 rings (SSSR count). The summed E-state index contributed by atoms with van der Waals surface area (Å²) in [6.45, 7) is 8.71. The van der Waals surface area contributed by atoms with E-state index in [0.717, 1.165) is 43.4 Å². The van der Waals surface area contributed by atoms with E-state index in [1.165, 1.54) is 0 Å². The maximum absolute atomic E-state index is 12.4. The highest BCUT2D eigenvalue weighted by Crippen LogP contribution is 2.36. The average Bonchev–Trinajstić information content (AvgIpc) is 2.44.